The molecule has 564 valence electrons. The van der Waals surface area contributed by atoms with E-state index in [0.717, 1.165) is 120 Å². The summed E-state index contributed by atoms with van der Waals surface area (Å²) in [5, 5.41) is 10.6. The van der Waals surface area contributed by atoms with E-state index in [1.54, 1.807) is 0 Å². The first-order chi connectivity index (χ1) is 45.7. The number of unbranched alkanes of at least 4 members (excludes halogenated alkanes) is 42. The van der Waals surface area contributed by atoms with E-state index in [1.807, 2.05) is 0 Å². The molecule has 0 aliphatic carbocycles. The molecule has 2 unspecified atom stereocenters. The molecule has 0 aliphatic heterocycles. The standard InChI is InChI=1S/C76H148O17P2/c1-8-9-10-11-33-43-50-57-73(78)86-63-71(92-76(81)60-53-46-39-32-26-25-29-36-42-49-56-69(6)7)65-90-94(82,83)88-61-70(77)62-89-95(84,85)91-66-72(64-87-74(79)58-51-44-37-30-24-20-22-28-35-41-48-55-68(4)5)93-75(80)59-52-45-38-31-23-19-17-15-13-12-14-16-18-21-27-34-40-47-54-67(2)3/h67-72,77H,8-66H2,1-7H3,(H,82,83)(H,84,85)/t70-,71+,72+/m0/s1. The van der Waals surface area contributed by atoms with Crippen molar-refractivity contribution in [3.8, 4) is 0 Å². The van der Waals surface area contributed by atoms with Gasteiger partial charge in [-0.15, -0.1) is 0 Å². The number of aliphatic hydroxyl groups is 1. The zero-order chi connectivity index (χ0) is 70.1. The van der Waals surface area contributed by atoms with E-state index >= 15 is 0 Å². The third-order valence-corrected chi connectivity index (χ3v) is 19.5. The Labute approximate surface area is 581 Å². The van der Waals surface area contributed by atoms with Crippen molar-refractivity contribution >= 4 is 39.5 Å². The molecule has 0 saturated heterocycles. The first kappa shape index (κ1) is 93.1. The van der Waals surface area contributed by atoms with Gasteiger partial charge in [-0.25, -0.2) is 9.13 Å². The van der Waals surface area contributed by atoms with Gasteiger partial charge in [0, 0.05) is 25.7 Å². The Morgan fingerprint density at radius 2 is 0.484 bits per heavy atom. The van der Waals surface area contributed by atoms with Crippen molar-refractivity contribution in [3.63, 3.8) is 0 Å². The maximum absolute atomic E-state index is 13.1. The molecule has 0 bridgehead atoms. The smallest absolute Gasteiger partial charge is 0.462 e. The first-order valence-corrected chi connectivity index (χ1v) is 42.3. The van der Waals surface area contributed by atoms with Crippen LogP contribution >= 0.6 is 15.6 Å². The molecule has 0 aromatic carbocycles. The minimum absolute atomic E-state index is 0.105. The SMILES string of the molecule is CCCCCCCCCC(=O)OC[C@H](COP(=O)(O)OC[C@H](O)COP(=O)(O)OC[C@@H](COC(=O)CCCCCCCCCCCCCC(C)C)OC(=O)CCCCCCCCCCCCCCCCCCCCC(C)C)OC(=O)CCCCCCCCCCCCC(C)C. The van der Waals surface area contributed by atoms with Crippen LogP contribution in [-0.4, -0.2) is 96.7 Å². The number of hydrogen-bond donors (Lipinski definition) is 3. The molecule has 0 amide bonds. The number of aliphatic hydroxyl groups excluding tert-OH is 1. The first-order valence-electron chi connectivity index (χ1n) is 39.3. The quantitative estimate of drug-likeness (QED) is 0.0222. The summed E-state index contributed by atoms with van der Waals surface area (Å²) in [6, 6.07) is 0. The summed E-state index contributed by atoms with van der Waals surface area (Å²) in [5.41, 5.74) is 0. The summed E-state index contributed by atoms with van der Waals surface area (Å²) in [4.78, 5) is 72.6. The van der Waals surface area contributed by atoms with Crippen LogP contribution in [0, 0.1) is 17.8 Å². The summed E-state index contributed by atoms with van der Waals surface area (Å²) >= 11 is 0. The van der Waals surface area contributed by atoms with Crippen LogP contribution in [0.1, 0.15) is 389 Å². The summed E-state index contributed by atoms with van der Waals surface area (Å²) < 4.78 is 68.4. The number of ether oxygens (including phenoxy) is 4. The molecule has 0 aromatic rings. The van der Waals surface area contributed by atoms with Gasteiger partial charge in [0.15, 0.2) is 12.2 Å². The number of carbonyl (C=O) groups excluding carboxylic acids is 4. The van der Waals surface area contributed by atoms with Crippen LogP contribution in [0.15, 0.2) is 0 Å². The molecule has 0 aliphatic rings. The lowest BCUT2D eigenvalue weighted by Crippen LogP contribution is -2.30. The normalized spacial score (nSPS) is 14.1. The number of phosphoric ester groups is 2. The van der Waals surface area contributed by atoms with Crippen molar-refractivity contribution in [1.82, 2.24) is 0 Å². The molecule has 0 aromatic heterocycles. The lowest BCUT2D eigenvalue weighted by molar-refractivity contribution is -0.161. The Morgan fingerprint density at radius 1 is 0.284 bits per heavy atom. The van der Waals surface area contributed by atoms with Crippen molar-refractivity contribution in [2.75, 3.05) is 39.6 Å². The maximum atomic E-state index is 13.1. The second-order valence-corrected chi connectivity index (χ2v) is 31.7. The molecule has 0 fully saturated rings. The second-order valence-electron chi connectivity index (χ2n) is 28.8. The van der Waals surface area contributed by atoms with Gasteiger partial charge < -0.3 is 33.8 Å². The van der Waals surface area contributed by atoms with E-state index in [9.17, 15) is 43.2 Å². The lowest BCUT2D eigenvalue weighted by atomic mass is 10.0. The molecular weight excluding hydrogens is 1250 g/mol. The van der Waals surface area contributed by atoms with Crippen molar-refractivity contribution in [2.45, 2.75) is 407 Å². The van der Waals surface area contributed by atoms with Crippen LogP contribution in [0.25, 0.3) is 0 Å². The molecule has 0 saturated carbocycles. The van der Waals surface area contributed by atoms with Gasteiger partial charge in [0.25, 0.3) is 0 Å². The van der Waals surface area contributed by atoms with Crippen molar-refractivity contribution in [1.29, 1.82) is 0 Å². The largest absolute Gasteiger partial charge is 0.472 e. The fourth-order valence-corrected chi connectivity index (χ4v) is 13.2. The summed E-state index contributed by atoms with van der Waals surface area (Å²) in [5.74, 6) is 0.221. The molecule has 95 heavy (non-hydrogen) atoms. The number of carbonyl (C=O) groups is 4. The molecule has 0 heterocycles. The van der Waals surface area contributed by atoms with Crippen LogP contribution in [0.2, 0.25) is 0 Å². The fraction of sp³-hybridized carbons (Fsp3) is 0.947. The highest BCUT2D eigenvalue weighted by atomic mass is 31.2. The van der Waals surface area contributed by atoms with Gasteiger partial charge in [0.2, 0.25) is 0 Å². The minimum atomic E-state index is -4.96. The molecular formula is C76H148O17P2. The Balaban J connectivity index is 5.17. The molecule has 5 atom stereocenters. The average molecular weight is 1400 g/mol. The molecule has 0 radical (unpaired) electrons. The molecule has 19 heteroatoms. The van der Waals surface area contributed by atoms with Gasteiger partial charge in [-0.05, 0) is 43.4 Å². The van der Waals surface area contributed by atoms with Gasteiger partial charge in [0.05, 0.1) is 26.4 Å². The van der Waals surface area contributed by atoms with Crippen LogP contribution < -0.4 is 0 Å². The monoisotopic (exact) mass is 1400 g/mol. The van der Waals surface area contributed by atoms with E-state index in [4.69, 9.17) is 37.0 Å². The molecule has 0 spiro atoms. The highest BCUT2D eigenvalue weighted by molar-refractivity contribution is 7.47. The maximum Gasteiger partial charge on any atom is 0.472 e. The lowest BCUT2D eigenvalue weighted by Gasteiger charge is -2.21. The fourth-order valence-electron chi connectivity index (χ4n) is 11.6. The Morgan fingerprint density at radius 3 is 0.716 bits per heavy atom. The van der Waals surface area contributed by atoms with Gasteiger partial charge in [0.1, 0.15) is 19.3 Å². The summed E-state index contributed by atoms with van der Waals surface area (Å²) in [6.45, 7) is 11.9. The van der Waals surface area contributed by atoms with Gasteiger partial charge in [-0.2, -0.15) is 0 Å². The zero-order valence-corrected chi connectivity index (χ0v) is 63.9. The second kappa shape index (κ2) is 66.6. The van der Waals surface area contributed by atoms with Gasteiger partial charge in [-0.1, -0.05) is 337 Å². The van der Waals surface area contributed by atoms with Crippen LogP contribution in [0.4, 0.5) is 0 Å². The number of rotatable bonds is 74. The van der Waals surface area contributed by atoms with Crippen molar-refractivity contribution in [3.05, 3.63) is 0 Å². The van der Waals surface area contributed by atoms with E-state index in [1.165, 1.54) is 186 Å². The molecule has 17 nitrogen and oxygen atoms in total. The van der Waals surface area contributed by atoms with Crippen LogP contribution in [0.5, 0.6) is 0 Å². The highest BCUT2D eigenvalue weighted by Gasteiger charge is 2.30. The van der Waals surface area contributed by atoms with Crippen molar-refractivity contribution < 1.29 is 80.2 Å². The predicted molar refractivity (Wildman–Crippen MR) is 386 cm³/mol. The van der Waals surface area contributed by atoms with Gasteiger partial charge in [-0.3, -0.25) is 37.3 Å². The molecule has 3 N–H and O–H groups in total. The van der Waals surface area contributed by atoms with Crippen molar-refractivity contribution in [2.24, 2.45) is 17.8 Å². The number of hydrogen-bond acceptors (Lipinski definition) is 15. The third-order valence-electron chi connectivity index (χ3n) is 17.6. The van der Waals surface area contributed by atoms with Gasteiger partial charge >= 0.3 is 39.5 Å². The third kappa shape index (κ3) is 70.3. The van der Waals surface area contributed by atoms with E-state index in [2.05, 4.69) is 48.5 Å². The summed E-state index contributed by atoms with van der Waals surface area (Å²) in [6.07, 6.45) is 52.9. The zero-order valence-electron chi connectivity index (χ0n) is 62.1. The van der Waals surface area contributed by atoms with Crippen LogP contribution in [0.3, 0.4) is 0 Å². The topological polar surface area (TPSA) is 237 Å². The van der Waals surface area contributed by atoms with E-state index < -0.39 is 97.5 Å². The highest BCUT2D eigenvalue weighted by Crippen LogP contribution is 2.45. The van der Waals surface area contributed by atoms with E-state index in [-0.39, 0.29) is 25.7 Å². The van der Waals surface area contributed by atoms with Crippen LogP contribution in [-0.2, 0) is 65.4 Å². The minimum Gasteiger partial charge on any atom is -0.462 e. The molecule has 0 rings (SSSR count). The Hall–Kier alpha value is -1.94. The Kier molecular flexibility index (Phi) is 65.2. The average Bonchev–Trinajstić information content (AvgIpc) is 3.28. The predicted octanol–water partition coefficient (Wildman–Crippen LogP) is 22.2. The summed E-state index contributed by atoms with van der Waals surface area (Å²) in [7, 11) is -9.91. The Bertz CT molecular complexity index is 1850. The number of esters is 4. The number of phosphoric acid groups is 2. The van der Waals surface area contributed by atoms with E-state index in [0.29, 0.717) is 25.7 Å².